The van der Waals surface area contributed by atoms with Gasteiger partial charge in [0.15, 0.2) is 4.90 Å². The largest absolute Gasteiger partial charge is 0.290 e. The molecular formula is C11H12N4O4S. The van der Waals surface area contributed by atoms with Gasteiger partial charge in [-0.05, 0) is 19.4 Å². The SMILES string of the molecule is Cc1cn[nH]c1NS(=O)(=O)c1c(C)cccc1[N+](=O)[O-]. The van der Waals surface area contributed by atoms with Crippen LogP contribution in [0.2, 0.25) is 0 Å². The normalized spacial score (nSPS) is 11.3. The molecule has 0 bridgehead atoms. The van der Waals surface area contributed by atoms with E-state index in [4.69, 9.17) is 0 Å². The highest BCUT2D eigenvalue weighted by molar-refractivity contribution is 7.93. The molecule has 0 aliphatic carbocycles. The lowest BCUT2D eigenvalue weighted by molar-refractivity contribution is -0.387. The van der Waals surface area contributed by atoms with Crippen LogP contribution in [0.5, 0.6) is 0 Å². The zero-order valence-corrected chi connectivity index (χ0v) is 11.6. The Labute approximate surface area is 115 Å². The molecule has 106 valence electrons. The summed E-state index contributed by atoms with van der Waals surface area (Å²) in [6.07, 6.45) is 1.45. The summed E-state index contributed by atoms with van der Waals surface area (Å²) in [7, 11) is -4.07. The van der Waals surface area contributed by atoms with Crippen molar-refractivity contribution in [3.63, 3.8) is 0 Å². The fourth-order valence-corrected chi connectivity index (χ4v) is 3.25. The number of hydrogen-bond acceptors (Lipinski definition) is 5. The maximum atomic E-state index is 12.3. The smallest absolute Gasteiger partial charge is 0.263 e. The molecule has 2 N–H and O–H groups in total. The molecule has 1 aromatic carbocycles. The third-order valence-electron chi connectivity index (χ3n) is 2.72. The van der Waals surface area contributed by atoms with Gasteiger partial charge in [-0.2, -0.15) is 5.10 Å². The van der Waals surface area contributed by atoms with E-state index in [-0.39, 0.29) is 10.7 Å². The van der Waals surface area contributed by atoms with Gasteiger partial charge >= 0.3 is 0 Å². The summed E-state index contributed by atoms with van der Waals surface area (Å²) in [6.45, 7) is 3.16. The van der Waals surface area contributed by atoms with Gasteiger partial charge in [0.1, 0.15) is 5.82 Å². The number of hydrogen-bond donors (Lipinski definition) is 2. The van der Waals surface area contributed by atoms with E-state index in [1.165, 1.54) is 25.3 Å². The van der Waals surface area contributed by atoms with Crippen molar-refractivity contribution in [2.45, 2.75) is 18.7 Å². The highest BCUT2D eigenvalue weighted by atomic mass is 32.2. The molecule has 0 saturated carbocycles. The number of aryl methyl sites for hydroxylation is 2. The Morgan fingerprint density at radius 2 is 2.00 bits per heavy atom. The van der Waals surface area contributed by atoms with Crippen LogP contribution in [0.25, 0.3) is 0 Å². The van der Waals surface area contributed by atoms with Crippen molar-refractivity contribution < 1.29 is 13.3 Å². The third kappa shape index (κ3) is 2.48. The fourth-order valence-electron chi connectivity index (χ4n) is 1.77. The molecule has 9 heteroatoms. The van der Waals surface area contributed by atoms with Crippen LogP contribution >= 0.6 is 0 Å². The van der Waals surface area contributed by atoms with E-state index in [1.54, 1.807) is 6.92 Å². The molecule has 0 atom stereocenters. The van der Waals surface area contributed by atoms with Crippen molar-refractivity contribution in [3.05, 3.63) is 45.6 Å². The van der Waals surface area contributed by atoms with E-state index >= 15 is 0 Å². The number of aromatic amines is 1. The van der Waals surface area contributed by atoms with Gasteiger partial charge < -0.3 is 0 Å². The van der Waals surface area contributed by atoms with Crippen molar-refractivity contribution in [1.82, 2.24) is 10.2 Å². The van der Waals surface area contributed by atoms with Crippen LogP contribution in [-0.2, 0) is 10.0 Å². The molecular weight excluding hydrogens is 284 g/mol. The lowest BCUT2D eigenvalue weighted by atomic mass is 10.2. The number of rotatable bonds is 4. The number of nitrogens with one attached hydrogen (secondary N) is 2. The van der Waals surface area contributed by atoms with Gasteiger partial charge in [-0.1, -0.05) is 12.1 Å². The van der Waals surface area contributed by atoms with Crippen LogP contribution < -0.4 is 4.72 Å². The molecule has 0 fully saturated rings. The molecule has 0 amide bonds. The van der Waals surface area contributed by atoms with Crippen LogP contribution in [-0.4, -0.2) is 23.5 Å². The highest BCUT2D eigenvalue weighted by Gasteiger charge is 2.28. The van der Waals surface area contributed by atoms with E-state index < -0.39 is 20.6 Å². The maximum absolute atomic E-state index is 12.3. The van der Waals surface area contributed by atoms with E-state index in [2.05, 4.69) is 14.9 Å². The Morgan fingerprint density at radius 3 is 2.55 bits per heavy atom. The summed E-state index contributed by atoms with van der Waals surface area (Å²) in [6, 6.07) is 4.09. The lowest BCUT2D eigenvalue weighted by Crippen LogP contribution is -2.17. The van der Waals surface area contributed by atoms with Gasteiger partial charge in [0, 0.05) is 11.6 Å². The van der Waals surface area contributed by atoms with Crippen molar-refractivity contribution >= 4 is 21.5 Å². The molecule has 0 spiro atoms. The standard InChI is InChI=1S/C11H12N4O4S/c1-7-4-3-5-9(15(16)17)10(7)20(18,19)14-11-8(2)6-12-13-11/h3-6H,1-2H3,(H2,12,13,14). The molecule has 0 aliphatic rings. The topological polar surface area (TPSA) is 118 Å². The van der Waals surface area contributed by atoms with Crippen LogP contribution in [0.15, 0.2) is 29.3 Å². The van der Waals surface area contributed by atoms with Crippen LogP contribution in [0.4, 0.5) is 11.5 Å². The quantitative estimate of drug-likeness (QED) is 0.658. The zero-order valence-electron chi connectivity index (χ0n) is 10.7. The second-order valence-corrected chi connectivity index (χ2v) is 5.83. The summed E-state index contributed by atoms with van der Waals surface area (Å²) < 4.78 is 26.9. The van der Waals surface area contributed by atoms with Crippen molar-refractivity contribution in [3.8, 4) is 0 Å². The molecule has 2 rings (SSSR count). The molecule has 0 radical (unpaired) electrons. The number of anilines is 1. The number of benzene rings is 1. The van der Waals surface area contributed by atoms with Gasteiger partial charge in [-0.25, -0.2) is 8.42 Å². The Hall–Kier alpha value is -2.42. The Kier molecular flexibility index (Phi) is 3.45. The van der Waals surface area contributed by atoms with Crippen LogP contribution in [0.3, 0.4) is 0 Å². The van der Waals surface area contributed by atoms with Gasteiger partial charge in [0.2, 0.25) is 0 Å². The molecule has 20 heavy (non-hydrogen) atoms. The first-order chi connectivity index (χ1) is 9.33. The van der Waals surface area contributed by atoms with Crippen LogP contribution in [0, 0.1) is 24.0 Å². The van der Waals surface area contributed by atoms with E-state index in [0.717, 1.165) is 6.07 Å². The zero-order chi connectivity index (χ0) is 14.9. The minimum atomic E-state index is -4.07. The molecule has 0 aliphatic heterocycles. The van der Waals surface area contributed by atoms with Gasteiger partial charge in [-0.3, -0.25) is 19.9 Å². The Bertz CT molecular complexity index is 766. The van der Waals surface area contributed by atoms with E-state index in [9.17, 15) is 18.5 Å². The van der Waals surface area contributed by atoms with Gasteiger partial charge in [0.25, 0.3) is 15.7 Å². The van der Waals surface area contributed by atoms with Gasteiger partial charge in [-0.15, -0.1) is 0 Å². The van der Waals surface area contributed by atoms with Crippen molar-refractivity contribution in [2.75, 3.05) is 4.72 Å². The summed E-state index contributed by atoms with van der Waals surface area (Å²) in [4.78, 5) is 9.91. The fraction of sp³-hybridized carbons (Fsp3) is 0.182. The molecule has 1 heterocycles. The Morgan fingerprint density at radius 1 is 1.30 bits per heavy atom. The van der Waals surface area contributed by atoms with Crippen molar-refractivity contribution in [1.29, 1.82) is 0 Å². The molecule has 0 unspecified atom stereocenters. The summed E-state index contributed by atoms with van der Waals surface area (Å²) >= 11 is 0. The first-order valence-corrected chi connectivity index (χ1v) is 7.08. The first-order valence-electron chi connectivity index (χ1n) is 5.59. The minimum Gasteiger partial charge on any atom is -0.263 e. The number of sulfonamides is 1. The number of nitro groups is 1. The predicted octanol–water partition coefficient (Wildman–Crippen LogP) is 1.74. The summed E-state index contributed by atoms with van der Waals surface area (Å²) in [5.74, 6) is 0.183. The Balaban J connectivity index is 2.55. The van der Waals surface area contributed by atoms with E-state index in [1.807, 2.05) is 0 Å². The monoisotopic (exact) mass is 296 g/mol. The van der Waals surface area contributed by atoms with Crippen molar-refractivity contribution in [2.24, 2.45) is 0 Å². The maximum Gasteiger partial charge on any atom is 0.290 e. The van der Waals surface area contributed by atoms with Gasteiger partial charge in [0.05, 0.1) is 11.1 Å². The number of nitrogens with zero attached hydrogens (tertiary/aromatic N) is 2. The second-order valence-electron chi connectivity index (χ2n) is 4.21. The minimum absolute atomic E-state index is 0.183. The molecule has 8 nitrogen and oxygen atoms in total. The molecule has 0 saturated heterocycles. The summed E-state index contributed by atoms with van der Waals surface area (Å²) in [5, 5.41) is 17.2. The lowest BCUT2D eigenvalue weighted by Gasteiger charge is -2.09. The van der Waals surface area contributed by atoms with Crippen LogP contribution in [0.1, 0.15) is 11.1 Å². The average Bonchev–Trinajstić information content (AvgIpc) is 2.73. The highest BCUT2D eigenvalue weighted by Crippen LogP contribution is 2.28. The number of nitro benzene ring substituents is 1. The third-order valence-corrected chi connectivity index (χ3v) is 4.26. The first kappa shape index (κ1) is 14.0. The molecule has 1 aromatic heterocycles. The summed E-state index contributed by atoms with van der Waals surface area (Å²) in [5.41, 5.74) is 0.420. The number of aromatic nitrogens is 2. The second kappa shape index (κ2) is 4.93. The van der Waals surface area contributed by atoms with E-state index in [0.29, 0.717) is 11.1 Å². The molecule has 2 aromatic rings. The predicted molar refractivity (Wildman–Crippen MR) is 72.0 cm³/mol. The average molecular weight is 296 g/mol. The number of H-pyrrole nitrogens is 1.